The highest BCUT2D eigenvalue weighted by atomic mass is 79.9. The molecule has 5 nitrogen and oxygen atoms in total. The second-order valence-electron chi connectivity index (χ2n) is 6.00. The van der Waals surface area contributed by atoms with Crippen LogP contribution in [0.3, 0.4) is 0 Å². The van der Waals surface area contributed by atoms with Crippen LogP contribution >= 0.6 is 27.5 Å². The molecule has 0 aromatic heterocycles. The number of carbonyl (C=O) groups is 1. The Morgan fingerprint density at radius 2 is 2.04 bits per heavy atom. The SMILES string of the molecule is CC[C@H](C)Oc1c(Cl)cc(/C=C(/C#N)C(=O)Nc2ccc(Br)cc2)cc1OC. The van der Waals surface area contributed by atoms with E-state index < -0.39 is 5.91 Å². The third-order valence-corrected chi connectivity index (χ3v) is 4.73. The molecule has 146 valence electrons. The number of benzene rings is 2. The van der Waals surface area contributed by atoms with Crippen LogP contribution in [0.4, 0.5) is 5.69 Å². The average Bonchev–Trinajstić information content (AvgIpc) is 2.69. The number of anilines is 1. The van der Waals surface area contributed by atoms with Crippen molar-refractivity contribution >= 4 is 45.2 Å². The summed E-state index contributed by atoms with van der Waals surface area (Å²) in [5.74, 6) is 0.359. The number of nitrogens with one attached hydrogen (secondary N) is 1. The highest BCUT2D eigenvalue weighted by Gasteiger charge is 2.16. The van der Waals surface area contributed by atoms with Gasteiger partial charge in [-0.15, -0.1) is 0 Å². The van der Waals surface area contributed by atoms with Crippen LogP contribution in [-0.2, 0) is 4.79 Å². The molecule has 2 aromatic carbocycles. The van der Waals surface area contributed by atoms with Gasteiger partial charge >= 0.3 is 0 Å². The Morgan fingerprint density at radius 1 is 1.36 bits per heavy atom. The second-order valence-corrected chi connectivity index (χ2v) is 7.32. The molecule has 0 bridgehead atoms. The number of hydrogen-bond donors (Lipinski definition) is 1. The topological polar surface area (TPSA) is 71.3 Å². The van der Waals surface area contributed by atoms with E-state index in [9.17, 15) is 10.1 Å². The van der Waals surface area contributed by atoms with Gasteiger partial charge in [0.1, 0.15) is 11.6 Å². The Kier molecular flexibility index (Phi) is 7.91. The van der Waals surface area contributed by atoms with E-state index in [2.05, 4.69) is 21.2 Å². The monoisotopic (exact) mass is 462 g/mol. The number of ether oxygens (including phenoxy) is 2. The van der Waals surface area contributed by atoms with E-state index in [1.165, 1.54) is 13.2 Å². The first-order valence-corrected chi connectivity index (χ1v) is 9.77. The molecule has 0 aliphatic carbocycles. The average molecular weight is 464 g/mol. The van der Waals surface area contributed by atoms with Crippen molar-refractivity contribution < 1.29 is 14.3 Å². The molecule has 0 saturated heterocycles. The number of hydrogen-bond acceptors (Lipinski definition) is 4. The molecule has 0 heterocycles. The van der Waals surface area contributed by atoms with Crippen LogP contribution in [-0.4, -0.2) is 19.1 Å². The first-order valence-electron chi connectivity index (χ1n) is 8.60. The fraction of sp³-hybridized carbons (Fsp3) is 0.238. The predicted molar refractivity (Wildman–Crippen MR) is 115 cm³/mol. The first kappa shape index (κ1) is 21.8. The summed E-state index contributed by atoms with van der Waals surface area (Å²) in [5.41, 5.74) is 1.08. The van der Waals surface area contributed by atoms with Gasteiger partial charge in [-0.05, 0) is 61.4 Å². The quantitative estimate of drug-likeness (QED) is 0.414. The van der Waals surface area contributed by atoms with Crippen LogP contribution in [0.15, 0.2) is 46.4 Å². The van der Waals surface area contributed by atoms with Gasteiger partial charge in [0.05, 0.1) is 18.2 Å². The number of halogens is 2. The van der Waals surface area contributed by atoms with Gasteiger partial charge in [0.25, 0.3) is 5.91 Å². The Balaban J connectivity index is 2.30. The fourth-order valence-electron chi connectivity index (χ4n) is 2.27. The number of rotatable bonds is 7. The molecule has 7 heteroatoms. The molecular formula is C21H20BrClN2O3. The van der Waals surface area contributed by atoms with E-state index in [0.29, 0.717) is 27.8 Å². The zero-order valence-electron chi connectivity index (χ0n) is 15.8. The Morgan fingerprint density at radius 3 is 2.61 bits per heavy atom. The van der Waals surface area contributed by atoms with Crippen molar-refractivity contribution in [2.45, 2.75) is 26.4 Å². The zero-order valence-corrected chi connectivity index (χ0v) is 18.1. The normalized spacial score (nSPS) is 12.1. The van der Waals surface area contributed by atoms with Crippen molar-refractivity contribution in [2.75, 3.05) is 12.4 Å². The van der Waals surface area contributed by atoms with E-state index in [1.807, 2.05) is 19.9 Å². The van der Waals surface area contributed by atoms with Gasteiger partial charge in [0.15, 0.2) is 11.5 Å². The molecular weight excluding hydrogens is 444 g/mol. The fourth-order valence-corrected chi connectivity index (χ4v) is 2.80. The van der Waals surface area contributed by atoms with Crippen molar-refractivity contribution in [2.24, 2.45) is 0 Å². The molecule has 0 fully saturated rings. The number of amides is 1. The summed E-state index contributed by atoms with van der Waals surface area (Å²) < 4.78 is 12.1. The molecule has 0 aliphatic heterocycles. The predicted octanol–water partition coefficient (Wildman–Crippen LogP) is 5.83. The summed E-state index contributed by atoms with van der Waals surface area (Å²) in [7, 11) is 1.51. The highest BCUT2D eigenvalue weighted by Crippen LogP contribution is 2.38. The van der Waals surface area contributed by atoms with Crippen LogP contribution in [0.2, 0.25) is 5.02 Å². The van der Waals surface area contributed by atoms with Crippen LogP contribution in [0.5, 0.6) is 11.5 Å². The van der Waals surface area contributed by atoms with Gasteiger partial charge < -0.3 is 14.8 Å². The zero-order chi connectivity index (χ0) is 20.7. The van der Waals surface area contributed by atoms with E-state index >= 15 is 0 Å². The van der Waals surface area contributed by atoms with Gasteiger partial charge in [-0.1, -0.05) is 34.5 Å². The highest BCUT2D eigenvalue weighted by molar-refractivity contribution is 9.10. The molecule has 0 radical (unpaired) electrons. The van der Waals surface area contributed by atoms with Crippen LogP contribution in [0, 0.1) is 11.3 Å². The molecule has 0 unspecified atom stereocenters. The molecule has 2 rings (SSSR count). The lowest BCUT2D eigenvalue weighted by Gasteiger charge is -2.17. The minimum Gasteiger partial charge on any atom is -0.493 e. The third kappa shape index (κ3) is 5.75. The van der Waals surface area contributed by atoms with Crippen LogP contribution < -0.4 is 14.8 Å². The summed E-state index contributed by atoms with van der Waals surface area (Å²) in [4.78, 5) is 12.4. The van der Waals surface area contributed by atoms with Crippen molar-refractivity contribution in [3.8, 4) is 17.6 Å². The molecule has 1 atom stereocenters. The van der Waals surface area contributed by atoms with E-state index in [-0.39, 0.29) is 11.7 Å². The summed E-state index contributed by atoms with van der Waals surface area (Å²) in [6.07, 6.45) is 2.24. The lowest BCUT2D eigenvalue weighted by Crippen LogP contribution is -2.13. The van der Waals surface area contributed by atoms with Crippen LogP contribution in [0.1, 0.15) is 25.8 Å². The maximum atomic E-state index is 12.4. The first-order chi connectivity index (χ1) is 13.4. The molecule has 0 spiro atoms. The van der Waals surface area contributed by atoms with Gasteiger partial charge in [-0.2, -0.15) is 5.26 Å². The number of nitriles is 1. The molecule has 28 heavy (non-hydrogen) atoms. The maximum absolute atomic E-state index is 12.4. The summed E-state index contributed by atoms with van der Waals surface area (Å²) in [6.45, 7) is 3.94. The summed E-state index contributed by atoms with van der Waals surface area (Å²) >= 11 is 9.68. The molecule has 1 amide bonds. The third-order valence-electron chi connectivity index (χ3n) is 3.92. The van der Waals surface area contributed by atoms with E-state index in [0.717, 1.165) is 10.9 Å². The van der Waals surface area contributed by atoms with Gasteiger partial charge in [-0.3, -0.25) is 4.79 Å². The minimum absolute atomic E-state index is 0.0286. The van der Waals surface area contributed by atoms with Crippen LogP contribution in [0.25, 0.3) is 6.08 Å². The standard InChI is InChI=1S/C21H20BrClN2O3/c1-4-13(2)28-20-18(23)10-14(11-19(20)27-3)9-15(12-24)21(26)25-17-7-5-16(22)6-8-17/h5-11,13H,4H2,1-3H3,(H,25,26)/b15-9-/t13-/m0/s1. The number of methoxy groups -OCH3 is 1. The summed E-state index contributed by atoms with van der Waals surface area (Å²) in [6, 6.07) is 12.3. The molecule has 1 N–H and O–H groups in total. The van der Waals surface area contributed by atoms with E-state index in [1.54, 1.807) is 36.4 Å². The second kappa shape index (κ2) is 10.2. The minimum atomic E-state index is -0.514. The smallest absolute Gasteiger partial charge is 0.266 e. The summed E-state index contributed by atoms with van der Waals surface area (Å²) in [5, 5.41) is 12.4. The van der Waals surface area contributed by atoms with E-state index in [4.69, 9.17) is 21.1 Å². The maximum Gasteiger partial charge on any atom is 0.266 e. The largest absolute Gasteiger partial charge is 0.493 e. The lowest BCUT2D eigenvalue weighted by molar-refractivity contribution is -0.112. The Bertz CT molecular complexity index is 920. The van der Waals surface area contributed by atoms with Gasteiger partial charge in [-0.25, -0.2) is 0 Å². The van der Waals surface area contributed by atoms with Crippen molar-refractivity contribution in [3.05, 3.63) is 57.0 Å². The Labute approximate surface area is 178 Å². The van der Waals surface area contributed by atoms with Crippen molar-refractivity contribution in [3.63, 3.8) is 0 Å². The molecule has 0 aliphatic rings. The molecule has 0 saturated carbocycles. The van der Waals surface area contributed by atoms with Crippen molar-refractivity contribution in [1.29, 1.82) is 5.26 Å². The number of nitrogens with zero attached hydrogens (tertiary/aromatic N) is 1. The van der Waals surface area contributed by atoms with Gasteiger partial charge in [0.2, 0.25) is 0 Å². The van der Waals surface area contributed by atoms with Gasteiger partial charge in [0, 0.05) is 10.2 Å². The lowest BCUT2D eigenvalue weighted by atomic mass is 10.1. The molecule has 2 aromatic rings. The Hall–Kier alpha value is -2.49. The van der Waals surface area contributed by atoms with Crippen molar-refractivity contribution in [1.82, 2.24) is 0 Å². The number of carbonyl (C=O) groups excluding carboxylic acids is 1.